The third kappa shape index (κ3) is 5.37. The summed E-state index contributed by atoms with van der Waals surface area (Å²) in [5, 5.41) is 6.53. The van der Waals surface area contributed by atoms with Crippen molar-refractivity contribution in [2.75, 3.05) is 11.9 Å². The van der Waals surface area contributed by atoms with E-state index >= 15 is 0 Å². The van der Waals surface area contributed by atoms with Crippen molar-refractivity contribution in [3.63, 3.8) is 0 Å². The van der Waals surface area contributed by atoms with Gasteiger partial charge in [-0.05, 0) is 52.9 Å². The zero-order valence-corrected chi connectivity index (χ0v) is 18.6. The van der Waals surface area contributed by atoms with E-state index in [1.54, 1.807) is 24.3 Å². The zero-order valence-electron chi connectivity index (χ0n) is 17.8. The van der Waals surface area contributed by atoms with Crippen molar-refractivity contribution in [3.8, 4) is 11.1 Å². The quantitative estimate of drug-likeness (QED) is 0.328. The van der Waals surface area contributed by atoms with Crippen molar-refractivity contribution in [2.45, 2.75) is 12.7 Å². The third-order valence-corrected chi connectivity index (χ3v) is 6.29. The highest BCUT2D eigenvalue weighted by atomic mass is 32.1. The lowest BCUT2D eigenvalue weighted by Crippen LogP contribution is -2.33. The van der Waals surface area contributed by atoms with E-state index in [9.17, 15) is 22.8 Å². The van der Waals surface area contributed by atoms with Gasteiger partial charge in [0.05, 0.1) is 12.1 Å². The summed E-state index contributed by atoms with van der Waals surface area (Å²) in [5.74, 6) is -1.02. The molecule has 0 aliphatic rings. The van der Waals surface area contributed by atoms with Gasteiger partial charge in [0.25, 0.3) is 5.91 Å². The maximum absolute atomic E-state index is 13.0. The predicted molar refractivity (Wildman–Crippen MR) is 128 cm³/mol. The number of benzene rings is 3. The Hall–Kier alpha value is -3.85. The van der Waals surface area contributed by atoms with Gasteiger partial charge in [-0.3, -0.25) is 9.59 Å². The van der Waals surface area contributed by atoms with Crippen LogP contribution in [0.3, 0.4) is 0 Å². The van der Waals surface area contributed by atoms with Gasteiger partial charge in [-0.2, -0.15) is 13.2 Å². The van der Waals surface area contributed by atoms with Crippen LogP contribution in [0.25, 0.3) is 21.2 Å². The van der Waals surface area contributed by atoms with Gasteiger partial charge in [0.1, 0.15) is 0 Å². The first-order valence-corrected chi connectivity index (χ1v) is 11.1. The Labute approximate surface area is 197 Å². The normalized spacial score (nSPS) is 11.4. The number of hydrogen-bond donors (Lipinski definition) is 3. The first kappa shape index (κ1) is 23.3. The Morgan fingerprint density at radius 2 is 1.71 bits per heavy atom. The first-order chi connectivity index (χ1) is 16.2. The molecule has 9 heteroatoms. The van der Waals surface area contributed by atoms with Gasteiger partial charge in [-0.25, -0.2) is 0 Å². The Bertz CT molecular complexity index is 1370. The van der Waals surface area contributed by atoms with Crippen LogP contribution >= 0.6 is 11.3 Å². The molecule has 0 bridgehead atoms. The van der Waals surface area contributed by atoms with E-state index in [0.29, 0.717) is 17.8 Å². The fourth-order valence-electron chi connectivity index (χ4n) is 3.52. The van der Waals surface area contributed by atoms with Gasteiger partial charge in [-0.15, -0.1) is 11.3 Å². The molecule has 5 nitrogen and oxygen atoms in total. The predicted octanol–water partition coefficient (Wildman–Crippen LogP) is 5.41. The van der Waals surface area contributed by atoms with E-state index in [1.165, 1.54) is 17.4 Å². The fraction of sp³-hybridized carbons (Fsp3) is 0.120. The van der Waals surface area contributed by atoms with E-state index in [1.807, 2.05) is 30.3 Å². The van der Waals surface area contributed by atoms with Gasteiger partial charge >= 0.3 is 6.18 Å². The molecule has 0 saturated carbocycles. The van der Waals surface area contributed by atoms with Gasteiger partial charge in [0.15, 0.2) is 0 Å². The second-order valence-corrected chi connectivity index (χ2v) is 8.74. The number of amides is 2. The largest absolute Gasteiger partial charge is 0.416 e. The summed E-state index contributed by atoms with van der Waals surface area (Å²) in [6.45, 7) is 0.126. The molecular weight excluding hydrogens is 463 g/mol. The monoisotopic (exact) mass is 483 g/mol. The molecule has 0 aliphatic carbocycles. The van der Waals surface area contributed by atoms with Gasteiger partial charge in [0.2, 0.25) is 5.91 Å². The number of alkyl halides is 3. The maximum Gasteiger partial charge on any atom is 0.416 e. The molecule has 0 atom stereocenters. The van der Waals surface area contributed by atoms with Gasteiger partial charge in [-0.1, -0.05) is 36.4 Å². The standard InChI is InChI=1S/C25H20F3N3O2S/c26-25(27,28)18-7-3-8-19(12-18)30-13-20-11-16-5-2-9-21(23(16)34-20)15-4-1-6-17(10-15)24(33)31-14-22(29)32/h1-12,30H,13-14H2,(H2,29,32)(H,31,33). The Kier molecular flexibility index (Phi) is 6.56. The van der Waals surface area contributed by atoms with Crippen molar-refractivity contribution in [1.29, 1.82) is 0 Å². The van der Waals surface area contributed by atoms with Gasteiger partial charge in [0, 0.05) is 27.4 Å². The summed E-state index contributed by atoms with van der Waals surface area (Å²) < 4.78 is 39.9. The van der Waals surface area contributed by atoms with Crippen LogP contribution in [0.2, 0.25) is 0 Å². The molecule has 0 saturated heterocycles. The number of halogens is 3. The molecule has 1 aromatic heterocycles. The number of rotatable bonds is 7. The Morgan fingerprint density at radius 3 is 2.47 bits per heavy atom. The summed E-state index contributed by atoms with van der Waals surface area (Å²) in [4.78, 5) is 24.2. The molecule has 0 unspecified atom stereocenters. The van der Waals surface area contributed by atoms with Crippen LogP contribution in [-0.4, -0.2) is 18.4 Å². The molecular formula is C25H20F3N3O2S. The smallest absolute Gasteiger partial charge is 0.380 e. The second kappa shape index (κ2) is 9.56. The number of hydrogen-bond acceptors (Lipinski definition) is 4. The average Bonchev–Trinajstić information content (AvgIpc) is 3.24. The molecule has 3 aromatic carbocycles. The van der Waals surface area contributed by atoms with Crippen LogP contribution in [0.15, 0.2) is 72.8 Å². The highest BCUT2D eigenvalue weighted by molar-refractivity contribution is 7.19. The molecule has 4 aromatic rings. The molecule has 0 radical (unpaired) electrons. The van der Waals surface area contributed by atoms with Crippen molar-refractivity contribution in [1.82, 2.24) is 5.32 Å². The summed E-state index contributed by atoms with van der Waals surface area (Å²) >= 11 is 1.53. The first-order valence-electron chi connectivity index (χ1n) is 10.3. The van der Waals surface area contributed by atoms with Crippen molar-refractivity contribution < 1.29 is 22.8 Å². The molecule has 0 fully saturated rings. The van der Waals surface area contributed by atoms with Crippen molar-refractivity contribution in [2.24, 2.45) is 5.73 Å². The van der Waals surface area contributed by atoms with Crippen LogP contribution in [0.1, 0.15) is 20.8 Å². The van der Waals surface area contributed by atoms with E-state index < -0.39 is 23.6 Å². The van der Waals surface area contributed by atoms with Crippen molar-refractivity contribution in [3.05, 3.63) is 88.8 Å². The number of thiophene rings is 1. The molecule has 4 N–H and O–H groups in total. The molecule has 174 valence electrons. The summed E-state index contributed by atoms with van der Waals surface area (Å²) in [5.41, 5.74) is 6.94. The highest BCUT2D eigenvalue weighted by Gasteiger charge is 2.30. The van der Waals surface area contributed by atoms with Crippen LogP contribution < -0.4 is 16.4 Å². The Balaban J connectivity index is 1.57. The number of carbonyl (C=O) groups is 2. The van der Waals surface area contributed by atoms with Crippen LogP contribution in [0.4, 0.5) is 18.9 Å². The minimum absolute atomic E-state index is 0.244. The van der Waals surface area contributed by atoms with E-state index in [0.717, 1.165) is 38.2 Å². The lowest BCUT2D eigenvalue weighted by atomic mass is 10.0. The molecule has 1 heterocycles. The van der Waals surface area contributed by atoms with Crippen LogP contribution in [0.5, 0.6) is 0 Å². The highest BCUT2D eigenvalue weighted by Crippen LogP contribution is 2.36. The minimum Gasteiger partial charge on any atom is -0.380 e. The van der Waals surface area contributed by atoms with Crippen LogP contribution in [-0.2, 0) is 17.5 Å². The molecule has 0 aliphatic heterocycles. The van der Waals surface area contributed by atoms with E-state index in [4.69, 9.17) is 5.73 Å². The topological polar surface area (TPSA) is 84.2 Å². The average molecular weight is 484 g/mol. The Morgan fingerprint density at radius 1 is 0.941 bits per heavy atom. The maximum atomic E-state index is 13.0. The second-order valence-electron chi connectivity index (χ2n) is 7.60. The number of fused-ring (bicyclic) bond motifs is 1. The fourth-order valence-corrected chi connectivity index (χ4v) is 4.66. The SMILES string of the molecule is NC(=O)CNC(=O)c1cccc(-c2cccc3cc(CNc4cccc(C(F)(F)F)c4)sc23)c1. The molecule has 4 rings (SSSR count). The summed E-state index contributed by atoms with van der Waals surface area (Å²) in [6, 6.07) is 20.0. The lowest BCUT2D eigenvalue weighted by Gasteiger charge is -2.10. The van der Waals surface area contributed by atoms with Crippen LogP contribution in [0, 0.1) is 0 Å². The number of primary amides is 1. The minimum atomic E-state index is -4.39. The third-order valence-electron chi connectivity index (χ3n) is 5.11. The summed E-state index contributed by atoms with van der Waals surface area (Å²) in [7, 11) is 0. The molecule has 0 spiro atoms. The summed E-state index contributed by atoms with van der Waals surface area (Å²) in [6.07, 6.45) is -4.39. The van der Waals surface area contributed by atoms with Crippen molar-refractivity contribution >= 4 is 38.9 Å². The van der Waals surface area contributed by atoms with E-state index in [2.05, 4.69) is 10.6 Å². The number of carbonyl (C=O) groups excluding carboxylic acids is 2. The molecule has 34 heavy (non-hydrogen) atoms. The molecule has 2 amide bonds. The number of nitrogens with one attached hydrogen (secondary N) is 2. The lowest BCUT2D eigenvalue weighted by molar-refractivity contribution is -0.137. The van der Waals surface area contributed by atoms with Gasteiger partial charge < -0.3 is 16.4 Å². The number of anilines is 1. The zero-order chi connectivity index (χ0) is 24.3. The number of nitrogens with two attached hydrogens (primary N) is 1. The van der Waals surface area contributed by atoms with E-state index in [-0.39, 0.29) is 6.54 Å².